The SMILES string of the molecule is COc1cccc([C@@]2(O)C[C@H](O)C[C@H](CN(C)C)C2)c1. The van der Waals surface area contributed by atoms with Crippen LogP contribution < -0.4 is 4.74 Å². The molecule has 0 saturated heterocycles. The number of hydrogen-bond donors (Lipinski definition) is 2. The van der Waals surface area contributed by atoms with Crippen molar-refractivity contribution in [3.63, 3.8) is 0 Å². The number of aliphatic hydroxyl groups excluding tert-OH is 1. The van der Waals surface area contributed by atoms with E-state index in [4.69, 9.17) is 4.74 Å². The molecule has 0 radical (unpaired) electrons. The van der Waals surface area contributed by atoms with E-state index in [-0.39, 0.29) is 0 Å². The highest BCUT2D eigenvalue weighted by Crippen LogP contribution is 2.41. The molecule has 0 aromatic heterocycles. The summed E-state index contributed by atoms with van der Waals surface area (Å²) in [5, 5.41) is 21.1. The van der Waals surface area contributed by atoms with Crippen LogP contribution in [-0.4, -0.2) is 49.0 Å². The number of hydrogen-bond acceptors (Lipinski definition) is 4. The average molecular weight is 279 g/mol. The summed E-state index contributed by atoms with van der Waals surface area (Å²) in [5.41, 5.74) is -0.133. The van der Waals surface area contributed by atoms with Gasteiger partial charge in [-0.1, -0.05) is 12.1 Å². The van der Waals surface area contributed by atoms with Crippen molar-refractivity contribution >= 4 is 0 Å². The predicted octanol–water partition coefficient (Wildman–Crippen LogP) is 1.61. The van der Waals surface area contributed by atoms with Crippen LogP contribution in [0.1, 0.15) is 24.8 Å². The lowest BCUT2D eigenvalue weighted by Crippen LogP contribution is -2.42. The molecule has 1 aromatic carbocycles. The molecule has 0 aliphatic heterocycles. The van der Waals surface area contributed by atoms with Crippen molar-refractivity contribution in [1.29, 1.82) is 0 Å². The molecule has 4 heteroatoms. The van der Waals surface area contributed by atoms with Crippen molar-refractivity contribution in [3.05, 3.63) is 29.8 Å². The van der Waals surface area contributed by atoms with Gasteiger partial charge in [-0.25, -0.2) is 0 Å². The Kier molecular flexibility index (Phi) is 4.68. The Balaban J connectivity index is 2.22. The molecule has 0 unspecified atom stereocenters. The molecule has 1 saturated carbocycles. The van der Waals surface area contributed by atoms with Gasteiger partial charge in [0.2, 0.25) is 0 Å². The summed E-state index contributed by atoms with van der Waals surface area (Å²) in [5.74, 6) is 1.03. The summed E-state index contributed by atoms with van der Waals surface area (Å²) < 4.78 is 5.23. The Bertz CT molecular complexity index is 447. The van der Waals surface area contributed by atoms with Crippen LogP contribution in [0.25, 0.3) is 0 Å². The van der Waals surface area contributed by atoms with Crippen LogP contribution in [-0.2, 0) is 5.60 Å². The molecule has 1 aliphatic carbocycles. The van der Waals surface area contributed by atoms with Gasteiger partial charge in [0.1, 0.15) is 5.75 Å². The van der Waals surface area contributed by atoms with E-state index >= 15 is 0 Å². The summed E-state index contributed by atoms with van der Waals surface area (Å²) in [6, 6.07) is 7.52. The predicted molar refractivity (Wildman–Crippen MR) is 78.8 cm³/mol. The van der Waals surface area contributed by atoms with Crippen LogP contribution in [0.2, 0.25) is 0 Å². The molecule has 4 nitrogen and oxygen atoms in total. The zero-order valence-corrected chi connectivity index (χ0v) is 12.5. The molecule has 0 spiro atoms. The monoisotopic (exact) mass is 279 g/mol. The molecular formula is C16H25NO3. The van der Waals surface area contributed by atoms with Crippen molar-refractivity contribution < 1.29 is 14.9 Å². The topological polar surface area (TPSA) is 52.9 Å². The molecule has 1 aliphatic rings. The first-order valence-electron chi connectivity index (χ1n) is 7.12. The minimum Gasteiger partial charge on any atom is -0.497 e. The fourth-order valence-electron chi connectivity index (χ4n) is 3.31. The Morgan fingerprint density at radius 3 is 2.75 bits per heavy atom. The number of methoxy groups -OCH3 is 1. The third-order valence-corrected chi connectivity index (χ3v) is 4.04. The lowest BCUT2D eigenvalue weighted by molar-refractivity contribution is -0.0739. The highest BCUT2D eigenvalue weighted by Gasteiger charge is 2.40. The zero-order chi connectivity index (χ0) is 14.8. The molecule has 20 heavy (non-hydrogen) atoms. The molecule has 3 atom stereocenters. The number of nitrogens with zero attached hydrogens (tertiary/aromatic N) is 1. The quantitative estimate of drug-likeness (QED) is 0.879. The Morgan fingerprint density at radius 2 is 2.10 bits per heavy atom. The van der Waals surface area contributed by atoms with Gasteiger partial charge in [-0.15, -0.1) is 0 Å². The van der Waals surface area contributed by atoms with Gasteiger partial charge in [0, 0.05) is 13.0 Å². The lowest BCUT2D eigenvalue weighted by atomic mass is 9.73. The van der Waals surface area contributed by atoms with E-state index in [2.05, 4.69) is 4.90 Å². The summed E-state index contributed by atoms with van der Waals surface area (Å²) in [6.07, 6.45) is 1.37. The van der Waals surface area contributed by atoms with Gasteiger partial charge in [-0.05, 0) is 50.6 Å². The summed E-state index contributed by atoms with van der Waals surface area (Å²) in [6.45, 7) is 0.878. The van der Waals surface area contributed by atoms with Crippen LogP contribution >= 0.6 is 0 Å². The highest BCUT2D eigenvalue weighted by atomic mass is 16.5. The second-order valence-electron chi connectivity index (χ2n) is 6.19. The van der Waals surface area contributed by atoms with Crippen molar-refractivity contribution in [2.75, 3.05) is 27.7 Å². The zero-order valence-electron chi connectivity index (χ0n) is 12.5. The number of benzene rings is 1. The van der Waals surface area contributed by atoms with Crippen LogP contribution in [0.5, 0.6) is 5.75 Å². The van der Waals surface area contributed by atoms with Gasteiger partial charge in [0.15, 0.2) is 0 Å². The van der Waals surface area contributed by atoms with Crippen LogP contribution in [0.4, 0.5) is 0 Å². The number of ether oxygens (including phenoxy) is 1. The smallest absolute Gasteiger partial charge is 0.119 e. The van der Waals surface area contributed by atoms with Crippen molar-refractivity contribution in [3.8, 4) is 5.75 Å². The Hall–Kier alpha value is -1.10. The third kappa shape index (κ3) is 3.51. The van der Waals surface area contributed by atoms with Gasteiger partial charge in [-0.3, -0.25) is 0 Å². The number of aliphatic hydroxyl groups is 2. The van der Waals surface area contributed by atoms with E-state index in [1.165, 1.54) is 0 Å². The van der Waals surface area contributed by atoms with Crippen molar-refractivity contribution in [2.24, 2.45) is 5.92 Å². The molecular weight excluding hydrogens is 254 g/mol. The Labute approximate surface area is 121 Å². The minimum atomic E-state index is -0.965. The average Bonchev–Trinajstić information content (AvgIpc) is 2.37. The standard InChI is InChI=1S/C16H25NO3/c1-17(2)11-12-7-14(18)10-16(19,9-12)13-5-4-6-15(8-13)20-3/h4-6,8,12,14,18-19H,7,9-11H2,1-3H3/t12-,14+,16-/m0/s1. The first kappa shape index (κ1) is 15.3. The van der Waals surface area contributed by atoms with Crippen molar-refractivity contribution in [2.45, 2.75) is 31.0 Å². The molecule has 0 heterocycles. The molecule has 0 bridgehead atoms. The first-order valence-corrected chi connectivity index (χ1v) is 7.12. The fraction of sp³-hybridized carbons (Fsp3) is 0.625. The Morgan fingerprint density at radius 1 is 1.35 bits per heavy atom. The second-order valence-corrected chi connectivity index (χ2v) is 6.19. The summed E-state index contributed by atoms with van der Waals surface area (Å²) >= 11 is 0. The summed E-state index contributed by atoms with van der Waals surface area (Å²) in [4.78, 5) is 2.11. The van der Waals surface area contributed by atoms with E-state index in [0.717, 1.165) is 24.3 Å². The number of rotatable bonds is 4. The minimum absolute atomic E-state index is 0.296. The lowest BCUT2D eigenvalue weighted by Gasteiger charge is -2.40. The van der Waals surface area contributed by atoms with Crippen LogP contribution in [0.15, 0.2) is 24.3 Å². The third-order valence-electron chi connectivity index (χ3n) is 4.04. The molecule has 112 valence electrons. The second kappa shape index (κ2) is 6.12. The van der Waals surface area contributed by atoms with E-state index in [9.17, 15) is 10.2 Å². The van der Waals surface area contributed by atoms with Gasteiger partial charge in [-0.2, -0.15) is 0 Å². The van der Waals surface area contributed by atoms with Crippen LogP contribution in [0.3, 0.4) is 0 Å². The van der Waals surface area contributed by atoms with Gasteiger partial charge in [0.25, 0.3) is 0 Å². The molecule has 2 N–H and O–H groups in total. The van der Waals surface area contributed by atoms with Crippen LogP contribution in [0, 0.1) is 5.92 Å². The maximum absolute atomic E-state index is 11.0. The largest absolute Gasteiger partial charge is 0.497 e. The van der Waals surface area contributed by atoms with Gasteiger partial charge < -0.3 is 19.8 Å². The molecule has 1 fully saturated rings. The van der Waals surface area contributed by atoms with Gasteiger partial charge in [0.05, 0.1) is 18.8 Å². The summed E-state index contributed by atoms with van der Waals surface area (Å²) in [7, 11) is 5.66. The maximum atomic E-state index is 11.0. The van der Waals surface area contributed by atoms with E-state index < -0.39 is 11.7 Å². The molecule has 0 amide bonds. The van der Waals surface area contributed by atoms with E-state index in [1.54, 1.807) is 7.11 Å². The molecule has 2 rings (SSSR count). The molecule has 1 aromatic rings. The normalized spacial score (nSPS) is 30.5. The highest BCUT2D eigenvalue weighted by molar-refractivity contribution is 5.33. The first-order chi connectivity index (χ1) is 9.43. The van der Waals surface area contributed by atoms with Crippen molar-refractivity contribution in [1.82, 2.24) is 4.90 Å². The fourth-order valence-corrected chi connectivity index (χ4v) is 3.31. The van der Waals surface area contributed by atoms with E-state index in [1.807, 2.05) is 38.4 Å². The maximum Gasteiger partial charge on any atom is 0.119 e. The van der Waals surface area contributed by atoms with Gasteiger partial charge >= 0.3 is 0 Å². The van der Waals surface area contributed by atoms with E-state index in [0.29, 0.717) is 18.8 Å².